The molecule has 2 bridgehead atoms. The van der Waals surface area contributed by atoms with E-state index in [1.54, 1.807) is 24.4 Å². The molecule has 2 aliphatic carbocycles. The van der Waals surface area contributed by atoms with Gasteiger partial charge in [-0.3, -0.25) is 9.55 Å². The van der Waals surface area contributed by atoms with Crippen LogP contribution in [0.1, 0.15) is 42.2 Å². The molecule has 0 spiro atoms. The first-order valence-corrected chi connectivity index (χ1v) is 7.90. The van der Waals surface area contributed by atoms with Crippen molar-refractivity contribution in [3.05, 3.63) is 41.6 Å². The van der Waals surface area contributed by atoms with E-state index >= 15 is 0 Å². The Morgan fingerprint density at radius 1 is 0.957 bits per heavy atom. The van der Waals surface area contributed by atoms with Gasteiger partial charge in [-0.05, 0) is 55.4 Å². The Bertz CT molecular complexity index is 927. The molecule has 0 radical (unpaired) electrons. The molecule has 5 rings (SSSR count). The van der Waals surface area contributed by atoms with Gasteiger partial charge in [0.2, 0.25) is 11.8 Å². The highest BCUT2D eigenvalue weighted by Crippen LogP contribution is 2.60. The highest BCUT2D eigenvalue weighted by Gasteiger charge is 2.44. The van der Waals surface area contributed by atoms with Gasteiger partial charge in [0, 0.05) is 22.7 Å². The number of aromatic hydroxyl groups is 3. The molecule has 3 aromatic rings. The molecule has 2 atom stereocenters. The van der Waals surface area contributed by atoms with Gasteiger partial charge in [-0.2, -0.15) is 0 Å². The number of rotatable bonds is 1. The van der Waals surface area contributed by atoms with Crippen LogP contribution in [0.5, 0.6) is 17.5 Å². The van der Waals surface area contributed by atoms with Crippen molar-refractivity contribution in [1.82, 2.24) is 9.55 Å². The van der Waals surface area contributed by atoms with Crippen LogP contribution < -0.4 is 0 Å². The second kappa shape index (κ2) is 4.19. The van der Waals surface area contributed by atoms with Crippen molar-refractivity contribution in [2.45, 2.75) is 31.1 Å². The minimum absolute atomic E-state index is 0.0862. The zero-order chi connectivity index (χ0) is 15.7. The fourth-order valence-electron chi connectivity index (χ4n) is 4.46. The van der Waals surface area contributed by atoms with Crippen LogP contribution in [0.3, 0.4) is 0 Å². The van der Waals surface area contributed by atoms with Crippen LogP contribution >= 0.6 is 0 Å². The van der Waals surface area contributed by atoms with Crippen LogP contribution in [-0.4, -0.2) is 24.9 Å². The quantitative estimate of drug-likeness (QED) is 0.643. The third-order valence-corrected chi connectivity index (χ3v) is 5.41. The van der Waals surface area contributed by atoms with Crippen molar-refractivity contribution < 1.29 is 15.3 Å². The number of aromatic nitrogens is 2. The van der Waals surface area contributed by atoms with Crippen LogP contribution in [0.2, 0.25) is 0 Å². The maximum atomic E-state index is 10.8. The second-order valence-electron chi connectivity index (χ2n) is 6.52. The summed E-state index contributed by atoms with van der Waals surface area (Å²) in [5.41, 5.74) is 2.91. The summed E-state index contributed by atoms with van der Waals surface area (Å²) in [5.74, 6) is 1.04. The van der Waals surface area contributed by atoms with E-state index in [0.717, 1.165) is 30.4 Å². The van der Waals surface area contributed by atoms with E-state index < -0.39 is 0 Å². The maximum Gasteiger partial charge on any atom is 0.202 e. The lowest BCUT2D eigenvalue weighted by atomic mass is 9.95. The number of nitrogens with zero attached hydrogens (tertiary/aromatic N) is 2. The average Bonchev–Trinajstić information content (AvgIpc) is 3.24. The first-order valence-electron chi connectivity index (χ1n) is 7.90. The maximum absolute atomic E-state index is 10.8. The Morgan fingerprint density at radius 3 is 2.35 bits per heavy atom. The Labute approximate surface area is 132 Å². The molecule has 23 heavy (non-hydrogen) atoms. The van der Waals surface area contributed by atoms with Gasteiger partial charge in [0.15, 0.2) is 0 Å². The van der Waals surface area contributed by atoms with Crippen LogP contribution in [0.15, 0.2) is 30.5 Å². The Morgan fingerprint density at radius 2 is 1.65 bits per heavy atom. The molecule has 2 heterocycles. The Balaban J connectivity index is 1.84. The molecular weight excluding hydrogens is 292 g/mol. The fourth-order valence-corrected chi connectivity index (χ4v) is 4.46. The van der Waals surface area contributed by atoms with Crippen molar-refractivity contribution in [2.24, 2.45) is 0 Å². The van der Waals surface area contributed by atoms with Crippen molar-refractivity contribution >= 4 is 10.9 Å². The molecule has 1 aromatic carbocycles. The van der Waals surface area contributed by atoms with Gasteiger partial charge in [-0.25, -0.2) is 0 Å². The summed E-state index contributed by atoms with van der Waals surface area (Å²) in [6.45, 7) is 0. The third kappa shape index (κ3) is 1.49. The van der Waals surface area contributed by atoms with E-state index in [0.29, 0.717) is 28.4 Å². The Hall–Kier alpha value is -2.69. The first kappa shape index (κ1) is 12.8. The minimum atomic E-state index is 0.0862. The van der Waals surface area contributed by atoms with Gasteiger partial charge in [-0.15, -0.1) is 0 Å². The predicted octanol–water partition coefficient (Wildman–Crippen LogP) is 3.51. The van der Waals surface area contributed by atoms with E-state index in [2.05, 4.69) is 4.98 Å². The van der Waals surface area contributed by atoms with Crippen LogP contribution in [0.25, 0.3) is 16.6 Å². The topological polar surface area (TPSA) is 78.5 Å². The molecule has 5 heteroatoms. The molecule has 5 nitrogen and oxygen atoms in total. The lowest BCUT2D eigenvalue weighted by molar-refractivity contribution is 0.395. The van der Waals surface area contributed by atoms with E-state index in [1.807, 2.05) is 6.07 Å². The normalized spacial score (nSPS) is 21.9. The van der Waals surface area contributed by atoms with Crippen molar-refractivity contribution in [2.75, 3.05) is 0 Å². The van der Waals surface area contributed by atoms with E-state index in [-0.39, 0.29) is 17.5 Å². The molecule has 1 fully saturated rings. The summed E-state index contributed by atoms with van der Waals surface area (Å²) < 4.78 is 1.50. The summed E-state index contributed by atoms with van der Waals surface area (Å²) in [6, 6.07) is 6.86. The van der Waals surface area contributed by atoms with Gasteiger partial charge in [0.1, 0.15) is 11.3 Å². The number of phenolic OH excluding ortho intramolecular Hbond substituents is 1. The molecule has 0 amide bonds. The highest BCUT2D eigenvalue weighted by molar-refractivity contribution is 5.92. The largest absolute Gasteiger partial charge is 0.506 e. The van der Waals surface area contributed by atoms with Gasteiger partial charge in [0.05, 0.1) is 5.69 Å². The van der Waals surface area contributed by atoms with E-state index in [1.165, 1.54) is 4.57 Å². The number of fused-ring (bicyclic) bond motifs is 6. The first-order chi connectivity index (χ1) is 11.2. The van der Waals surface area contributed by atoms with Crippen LogP contribution in [0, 0.1) is 0 Å². The van der Waals surface area contributed by atoms with Crippen molar-refractivity contribution in [3.63, 3.8) is 0 Å². The smallest absolute Gasteiger partial charge is 0.202 e. The van der Waals surface area contributed by atoms with Crippen molar-refractivity contribution in [1.29, 1.82) is 0 Å². The molecule has 116 valence electrons. The standard InChI is InChI=1S/C18H16N2O3/c21-13-6-5-12(11-2-1-7-19-16(11)13)20-17(22)14-9-3-4-10(8-9)15(14)18(20)23/h1-2,5-7,9-10,21-23H,3-4,8H2/t9-,10+. The monoisotopic (exact) mass is 308 g/mol. The van der Waals surface area contributed by atoms with Crippen LogP contribution in [-0.2, 0) is 0 Å². The Kier molecular flexibility index (Phi) is 2.33. The lowest BCUT2D eigenvalue weighted by Gasteiger charge is -2.12. The van der Waals surface area contributed by atoms with E-state index in [9.17, 15) is 15.3 Å². The number of benzene rings is 1. The third-order valence-electron chi connectivity index (χ3n) is 5.41. The van der Waals surface area contributed by atoms with Gasteiger partial charge >= 0.3 is 0 Å². The van der Waals surface area contributed by atoms with Gasteiger partial charge in [0.25, 0.3) is 0 Å². The average molecular weight is 308 g/mol. The number of hydrogen-bond acceptors (Lipinski definition) is 4. The number of phenols is 1. The molecular formula is C18H16N2O3. The summed E-state index contributed by atoms with van der Waals surface area (Å²) in [6.07, 6.45) is 4.80. The predicted molar refractivity (Wildman–Crippen MR) is 85.4 cm³/mol. The fraction of sp³-hybridized carbons (Fsp3) is 0.278. The zero-order valence-electron chi connectivity index (χ0n) is 12.4. The zero-order valence-corrected chi connectivity index (χ0v) is 12.4. The highest BCUT2D eigenvalue weighted by atomic mass is 16.3. The molecule has 0 aliphatic heterocycles. The van der Waals surface area contributed by atoms with E-state index in [4.69, 9.17) is 0 Å². The molecule has 2 aliphatic rings. The minimum Gasteiger partial charge on any atom is -0.506 e. The second-order valence-corrected chi connectivity index (χ2v) is 6.52. The summed E-state index contributed by atoms with van der Waals surface area (Å²) in [7, 11) is 0. The molecule has 0 unspecified atom stereocenters. The number of pyridine rings is 1. The molecule has 0 saturated heterocycles. The van der Waals surface area contributed by atoms with Gasteiger partial charge < -0.3 is 15.3 Å². The van der Waals surface area contributed by atoms with Crippen LogP contribution in [0.4, 0.5) is 0 Å². The summed E-state index contributed by atoms with van der Waals surface area (Å²) in [4.78, 5) is 4.21. The molecule has 3 N–H and O–H groups in total. The molecule has 1 saturated carbocycles. The number of hydrogen-bond donors (Lipinski definition) is 3. The van der Waals surface area contributed by atoms with Crippen molar-refractivity contribution in [3.8, 4) is 23.2 Å². The molecule has 2 aromatic heterocycles. The lowest BCUT2D eigenvalue weighted by Crippen LogP contribution is -1.97. The SMILES string of the molecule is Oc1ccc(-n2c(O)c3c(c2O)[C@H]2CC[C@@H]3C2)c2cccnc12. The summed E-state index contributed by atoms with van der Waals surface area (Å²) >= 11 is 0. The van der Waals surface area contributed by atoms with Gasteiger partial charge in [-0.1, -0.05) is 0 Å². The summed E-state index contributed by atoms with van der Waals surface area (Å²) in [5, 5.41) is 32.2.